The van der Waals surface area contributed by atoms with Crippen LogP contribution in [0.3, 0.4) is 0 Å². The minimum absolute atomic E-state index is 0. The van der Waals surface area contributed by atoms with E-state index in [1.54, 1.807) is 6.07 Å². The molecule has 1 aromatic heterocycles. The van der Waals surface area contributed by atoms with Crippen LogP contribution in [0.15, 0.2) is 66.9 Å². The van der Waals surface area contributed by atoms with Crippen molar-refractivity contribution < 1.29 is 9.53 Å². The van der Waals surface area contributed by atoms with Gasteiger partial charge in [0.1, 0.15) is 18.1 Å². The second-order valence-corrected chi connectivity index (χ2v) is 7.28. The van der Waals surface area contributed by atoms with E-state index in [9.17, 15) is 4.79 Å². The van der Waals surface area contributed by atoms with Crippen molar-refractivity contribution in [1.29, 1.82) is 0 Å². The Bertz CT molecular complexity index is 922. The Kier molecular flexibility index (Phi) is 7.88. The van der Waals surface area contributed by atoms with Crippen molar-refractivity contribution in [2.75, 3.05) is 13.1 Å². The summed E-state index contributed by atoms with van der Waals surface area (Å²) in [6.07, 6.45) is 4.13. The standard InChI is InChI=1S/C23H26N4O2.ClH/c28-23(22-12-14-27(26-22)20-5-4-13-24-16-20)25-15-18-8-10-19(11-9-18)17-29-21-6-2-1-3-7-21;/h1-3,6-12,14,20,24H,4-5,13,15-17H2,(H,25,28);1H. The highest BCUT2D eigenvalue weighted by Crippen LogP contribution is 2.16. The predicted octanol–water partition coefficient (Wildman–Crippen LogP) is 3.74. The monoisotopic (exact) mass is 426 g/mol. The molecule has 2 aromatic carbocycles. The van der Waals surface area contributed by atoms with Crippen LogP contribution in [0.5, 0.6) is 5.75 Å². The molecule has 0 spiro atoms. The number of rotatable bonds is 7. The van der Waals surface area contributed by atoms with Crippen molar-refractivity contribution in [2.24, 2.45) is 0 Å². The Labute approximate surface area is 183 Å². The maximum Gasteiger partial charge on any atom is 0.272 e. The number of piperidine rings is 1. The summed E-state index contributed by atoms with van der Waals surface area (Å²) in [6.45, 7) is 2.95. The lowest BCUT2D eigenvalue weighted by Crippen LogP contribution is -2.32. The third kappa shape index (κ3) is 5.84. The number of carbonyl (C=O) groups excluding carboxylic acids is 1. The van der Waals surface area contributed by atoms with E-state index in [0.717, 1.165) is 42.8 Å². The fourth-order valence-corrected chi connectivity index (χ4v) is 3.43. The maximum absolute atomic E-state index is 12.4. The molecule has 1 saturated heterocycles. The highest BCUT2D eigenvalue weighted by Gasteiger charge is 2.17. The molecule has 2 heterocycles. The summed E-state index contributed by atoms with van der Waals surface area (Å²) in [5.74, 6) is 0.705. The topological polar surface area (TPSA) is 68.2 Å². The third-order valence-electron chi connectivity index (χ3n) is 5.11. The zero-order chi connectivity index (χ0) is 19.9. The lowest BCUT2D eigenvalue weighted by Gasteiger charge is -2.22. The Morgan fingerprint density at radius 2 is 1.87 bits per heavy atom. The van der Waals surface area contributed by atoms with E-state index in [4.69, 9.17) is 4.74 Å². The molecule has 0 bridgehead atoms. The first-order valence-electron chi connectivity index (χ1n) is 10.1. The molecule has 1 atom stereocenters. The maximum atomic E-state index is 12.4. The molecule has 1 fully saturated rings. The zero-order valence-electron chi connectivity index (χ0n) is 16.8. The lowest BCUT2D eigenvalue weighted by molar-refractivity contribution is 0.0944. The second kappa shape index (κ2) is 10.8. The average molecular weight is 427 g/mol. The number of hydrogen-bond acceptors (Lipinski definition) is 4. The van der Waals surface area contributed by atoms with Crippen LogP contribution in [0.2, 0.25) is 0 Å². The second-order valence-electron chi connectivity index (χ2n) is 7.28. The van der Waals surface area contributed by atoms with Gasteiger partial charge in [0.15, 0.2) is 0 Å². The molecule has 0 saturated carbocycles. The minimum atomic E-state index is -0.149. The number of nitrogens with one attached hydrogen (secondary N) is 2. The van der Waals surface area contributed by atoms with E-state index in [1.165, 1.54) is 0 Å². The van der Waals surface area contributed by atoms with Crippen LogP contribution in [-0.2, 0) is 13.2 Å². The van der Waals surface area contributed by atoms with E-state index in [0.29, 0.717) is 24.9 Å². The van der Waals surface area contributed by atoms with E-state index < -0.39 is 0 Å². The summed E-state index contributed by atoms with van der Waals surface area (Å²) in [5.41, 5.74) is 2.59. The molecule has 2 N–H and O–H groups in total. The van der Waals surface area contributed by atoms with E-state index in [-0.39, 0.29) is 18.3 Å². The lowest BCUT2D eigenvalue weighted by atomic mass is 10.1. The van der Waals surface area contributed by atoms with Gasteiger partial charge in [0.25, 0.3) is 5.91 Å². The van der Waals surface area contributed by atoms with Crippen molar-refractivity contribution in [3.8, 4) is 5.75 Å². The van der Waals surface area contributed by atoms with Crippen molar-refractivity contribution in [2.45, 2.75) is 32.0 Å². The van der Waals surface area contributed by atoms with E-state index >= 15 is 0 Å². The highest BCUT2D eigenvalue weighted by atomic mass is 35.5. The van der Waals surface area contributed by atoms with Gasteiger partial charge in [-0.15, -0.1) is 12.4 Å². The van der Waals surface area contributed by atoms with Crippen molar-refractivity contribution in [3.05, 3.63) is 83.7 Å². The molecule has 158 valence electrons. The minimum Gasteiger partial charge on any atom is -0.489 e. The number of amides is 1. The van der Waals surface area contributed by atoms with Crippen LogP contribution in [-0.4, -0.2) is 28.8 Å². The Balaban J connectivity index is 0.00000256. The molecule has 1 unspecified atom stereocenters. The molecule has 7 heteroatoms. The first-order valence-corrected chi connectivity index (χ1v) is 10.1. The van der Waals surface area contributed by atoms with E-state index in [2.05, 4.69) is 15.7 Å². The normalized spacial score (nSPS) is 15.8. The number of aromatic nitrogens is 2. The first kappa shape index (κ1) is 21.9. The van der Waals surface area contributed by atoms with Crippen LogP contribution < -0.4 is 15.4 Å². The molecule has 0 radical (unpaired) electrons. The molecular formula is C23H27ClN4O2. The molecular weight excluding hydrogens is 400 g/mol. The molecule has 6 nitrogen and oxygen atoms in total. The predicted molar refractivity (Wildman–Crippen MR) is 119 cm³/mol. The summed E-state index contributed by atoms with van der Waals surface area (Å²) in [7, 11) is 0. The number of benzene rings is 2. The van der Waals surface area contributed by atoms with Gasteiger partial charge in [-0.3, -0.25) is 9.48 Å². The fraction of sp³-hybridized carbons (Fsp3) is 0.304. The van der Waals surface area contributed by atoms with Gasteiger partial charge >= 0.3 is 0 Å². The first-order chi connectivity index (χ1) is 14.3. The molecule has 3 aromatic rings. The summed E-state index contributed by atoms with van der Waals surface area (Å²) in [4.78, 5) is 12.4. The smallest absolute Gasteiger partial charge is 0.272 e. The van der Waals surface area contributed by atoms with Crippen LogP contribution in [0.1, 0.15) is 40.5 Å². The molecule has 30 heavy (non-hydrogen) atoms. The number of halogens is 1. The SMILES string of the molecule is Cl.O=C(NCc1ccc(COc2ccccc2)cc1)c1ccn(C2CCCNC2)n1. The summed E-state index contributed by atoms with van der Waals surface area (Å²) < 4.78 is 7.66. The van der Waals surface area contributed by atoms with Gasteiger partial charge in [0, 0.05) is 19.3 Å². The molecule has 0 aliphatic carbocycles. The van der Waals surface area contributed by atoms with Gasteiger partial charge in [-0.05, 0) is 48.7 Å². The van der Waals surface area contributed by atoms with Crippen molar-refractivity contribution in [3.63, 3.8) is 0 Å². The molecule has 1 aliphatic rings. The number of carbonyl (C=O) groups is 1. The average Bonchev–Trinajstić information content (AvgIpc) is 3.29. The third-order valence-corrected chi connectivity index (χ3v) is 5.11. The van der Waals surface area contributed by atoms with Crippen LogP contribution in [0.25, 0.3) is 0 Å². The van der Waals surface area contributed by atoms with Gasteiger partial charge in [-0.1, -0.05) is 42.5 Å². The molecule has 1 amide bonds. The number of para-hydroxylation sites is 1. The van der Waals surface area contributed by atoms with Gasteiger partial charge in [-0.2, -0.15) is 5.10 Å². The van der Waals surface area contributed by atoms with Crippen LogP contribution >= 0.6 is 12.4 Å². The summed E-state index contributed by atoms with van der Waals surface area (Å²) in [6, 6.07) is 19.9. The molecule has 1 aliphatic heterocycles. The Hall–Kier alpha value is -2.83. The van der Waals surface area contributed by atoms with Gasteiger partial charge < -0.3 is 15.4 Å². The highest BCUT2D eigenvalue weighted by molar-refractivity contribution is 5.92. The number of nitrogens with zero attached hydrogens (tertiary/aromatic N) is 2. The van der Waals surface area contributed by atoms with Gasteiger partial charge in [-0.25, -0.2) is 0 Å². The van der Waals surface area contributed by atoms with Gasteiger partial charge in [0.05, 0.1) is 6.04 Å². The number of ether oxygens (including phenoxy) is 1. The largest absolute Gasteiger partial charge is 0.489 e. The Morgan fingerprint density at radius 3 is 2.60 bits per heavy atom. The zero-order valence-corrected chi connectivity index (χ0v) is 17.6. The number of hydrogen-bond donors (Lipinski definition) is 2. The van der Waals surface area contributed by atoms with Crippen LogP contribution in [0.4, 0.5) is 0 Å². The van der Waals surface area contributed by atoms with Gasteiger partial charge in [0.2, 0.25) is 0 Å². The molecule has 4 rings (SSSR count). The van der Waals surface area contributed by atoms with Crippen LogP contribution in [0, 0.1) is 0 Å². The van der Waals surface area contributed by atoms with Crippen molar-refractivity contribution in [1.82, 2.24) is 20.4 Å². The summed E-state index contributed by atoms with van der Waals surface area (Å²) >= 11 is 0. The fourth-order valence-electron chi connectivity index (χ4n) is 3.43. The quantitative estimate of drug-likeness (QED) is 0.604. The van der Waals surface area contributed by atoms with Crippen molar-refractivity contribution >= 4 is 18.3 Å². The summed E-state index contributed by atoms with van der Waals surface area (Å²) in [5, 5.41) is 10.8. The Morgan fingerprint density at radius 1 is 1.10 bits per heavy atom. The van der Waals surface area contributed by atoms with E-state index in [1.807, 2.05) is 65.5 Å².